The van der Waals surface area contributed by atoms with Crippen molar-refractivity contribution in [3.63, 3.8) is 0 Å². The van der Waals surface area contributed by atoms with E-state index in [1.807, 2.05) is 0 Å². The Labute approximate surface area is 59.0 Å². The summed E-state index contributed by atoms with van der Waals surface area (Å²) in [5, 5.41) is 8.82. The number of carbonyl (C=O) groups excluding carboxylic acids is 1. The third kappa shape index (κ3) is 2.56. The van der Waals surface area contributed by atoms with Gasteiger partial charge < -0.3 is 5.11 Å². The van der Waals surface area contributed by atoms with Gasteiger partial charge in [0, 0.05) is 0 Å². The topological polar surface area (TPSA) is 37.3 Å². The molecular formula is C6H10O2S. The Morgan fingerprint density at radius 1 is 1.44 bits per heavy atom. The molecule has 3 heteroatoms. The minimum atomic E-state index is -0.0810. The summed E-state index contributed by atoms with van der Waals surface area (Å²) < 4.78 is 0. The van der Waals surface area contributed by atoms with Crippen LogP contribution >= 0.6 is 11.8 Å². The number of carbonyl (C=O) groups is 1. The minimum Gasteiger partial charge on any atom is -0.511 e. The van der Waals surface area contributed by atoms with E-state index in [1.54, 1.807) is 6.26 Å². The molecule has 0 saturated heterocycles. The zero-order valence-corrected chi connectivity index (χ0v) is 6.58. The van der Waals surface area contributed by atoms with E-state index in [0.29, 0.717) is 4.91 Å². The zero-order chi connectivity index (χ0) is 7.44. The largest absolute Gasteiger partial charge is 0.511 e. The fourth-order valence-corrected chi connectivity index (χ4v) is 1.13. The third-order valence-corrected chi connectivity index (χ3v) is 1.84. The Kier molecular flexibility index (Phi) is 3.39. The second-order valence-electron chi connectivity index (χ2n) is 1.67. The minimum absolute atomic E-state index is 0.0810. The van der Waals surface area contributed by atoms with Gasteiger partial charge in [-0.25, -0.2) is 0 Å². The SMILES string of the molecule is CS/C(C(C)=O)=C(/C)O. The van der Waals surface area contributed by atoms with Gasteiger partial charge in [0.1, 0.15) is 5.76 Å². The van der Waals surface area contributed by atoms with E-state index in [4.69, 9.17) is 5.11 Å². The molecular weight excluding hydrogens is 136 g/mol. The first-order chi connectivity index (χ1) is 4.09. The maximum Gasteiger partial charge on any atom is 0.169 e. The number of hydrogen-bond donors (Lipinski definition) is 1. The Balaban J connectivity index is 4.35. The number of aliphatic hydroxyl groups excluding tert-OH is 1. The zero-order valence-electron chi connectivity index (χ0n) is 5.76. The molecule has 0 rings (SSSR count). The van der Waals surface area contributed by atoms with Crippen molar-refractivity contribution >= 4 is 17.5 Å². The quantitative estimate of drug-likeness (QED) is 0.476. The Morgan fingerprint density at radius 3 is 1.89 bits per heavy atom. The summed E-state index contributed by atoms with van der Waals surface area (Å²) in [7, 11) is 0. The van der Waals surface area contributed by atoms with Crippen LogP contribution in [0.1, 0.15) is 13.8 Å². The highest BCUT2D eigenvalue weighted by Crippen LogP contribution is 2.15. The third-order valence-electron chi connectivity index (χ3n) is 0.852. The number of allylic oxidation sites excluding steroid dienone is 2. The molecule has 2 nitrogen and oxygen atoms in total. The normalized spacial score (nSPS) is 12.8. The molecule has 0 radical (unpaired) electrons. The molecule has 52 valence electrons. The molecule has 0 aliphatic carbocycles. The summed E-state index contributed by atoms with van der Waals surface area (Å²) in [4.78, 5) is 11.0. The molecule has 0 aromatic heterocycles. The van der Waals surface area contributed by atoms with E-state index in [2.05, 4.69) is 0 Å². The summed E-state index contributed by atoms with van der Waals surface area (Å²) >= 11 is 1.27. The summed E-state index contributed by atoms with van der Waals surface area (Å²) in [5.74, 6) is 0.0255. The first-order valence-electron chi connectivity index (χ1n) is 2.54. The first-order valence-corrected chi connectivity index (χ1v) is 3.76. The average molecular weight is 146 g/mol. The van der Waals surface area contributed by atoms with Gasteiger partial charge in [-0.15, -0.1) is 11.8 Å². The van der Waals surface area contributed by atoms with Crippen LogP contribution in [0.2, 0.25) is 0 Å². The molecule has 1 N–H and O–H groups in total. The van der Waals surface area contributed by atoms with E-state index < -0.39 is 0 Å². The summed E-state index contributed by atoms with van der Waals surface area (Å²) in [6.07, 6.45) is 1.76. The number of Topliss-reactive ketones (excluding diaryl/α,β-unsaturated/α-hetero) is 1. The molecule has 0 fully saturated rings. The predicted molar refractivity (Wildman–Crippen MR) is 39.5 cm³/mol. The lowest BCUT2D eigenvalue weighted by atomic mass is 10.4. The summed E-state index contributed by atoms with van der Waals surface area (Å²) in [6.45, 7) is 2.94. The number of aliphatic hydroxyl groups is 1. The molecule has 0 amide bonds. The highest BCUT2D eigenvalue weighted by Gasteiger charge is 2.04. The van der Waals surface area contributed by atoms with Gasteiger partial charge in [-0.05, 0) is 20.1 Å². The Morgan fingerprint density at radius 2 is 1.89 bits per heavy atom. The summed E-state index contributed by atoms with van der Waals surface area (Å²) in [6, 6.07) is 0. The van der Waals surface area contributed by atoms with E-state index in [-0.39, 0.29) is 11.5 Å². The van der Waals surface area contributed by atoms with Crippen molar-refractivity contribution in [3.8, 4) is 0 Å². The highest BCUT2D eigenvalue weighted by atomic mass is 32.2. The van der Waals surface area contributed by atoms with Crippen LogP contribution < -0.4 is 0 Å². The van der Waals surface area contributed by atoms with E-state index in [1.165, 1.54) is 25.6 Å². The molecule has 0 bridgehead atoms. The van der Waals surface area contributed by atoms with E-state index >= 15 is 0 Å². The van der Waals surface area contributed by atoms with Gasteiger partial charge in [0.2, 0.25) is 0 Å². The Hall–Kier alpha value is -0.440. The van der Waals surface area contributed by atoms with Crippen molar-refractivity contribution in [1.29, 1.82) is 0 Å². The van der Waals surface area contributed by atoms with Gasteiger partial charge in [0.25, 0.3) is 0 Å². The van der Waals surface area contributed by atoms with Crippen molar-refractivity contribution in [2.24, 2.45) is 0 Å². The maximum absolute atomic E-state index is 10.6. The number of thioether (sulfide) groups is 1. The number of rotatable bonds is 2. The Bertz CT molecular complexity index is 145. The number of hydrogen-bond acceptors (Lipinski definition) is 3. The van der Waals surface area contributed by atoms with Crippen LogP contribution in [-0.2, 0) is 4.79 Å². The fraction of sp³-hybridized carbons (Fsp3) is 0.500. The standard InChI is InChI=1S/C6H10O2S/c1-4(7)6(9-3)5(2)8/h7H,1-3H3/b6-4-. The second kappa shape index (κ2) is 3.56. The van der Waals surface area contributed by atoms with E-state index in [9.17, 15) is 4.79 Å². The molecule has 0 aliphatic heterocycles. The molecule has 0 saturated carbocycles. The van der Waals surface area contributed by atoms with Gasteiger partial charge in [0.05, 0.1) is 4.91 Å². The van der Waals surface area contributed by atoms with Crippen LogP contribution in [0.4, 0.5) is 0 Å². The van der Waals surface area contributed by atoms with Crippen molar-refractivity contribution in [2.75, 3.05) is 6.26 Å². The highest BCUT2D eigenvalue weighted by molar-refractivity contribution is 8.03. The van der Waals surface area contributed by atoms with Crippen molar-refractivity contribution < 1.29 is 9.90 Å². The van der Waals surface area contributed by atoms with Crippen molar-refractivity contribution in [1.82, 2.24) is 0 Å². The van der Waals surface area contributed by atoms with Crippen LogP contribution in [0.3, 0.4) is 0 Å². The van der Waals surface area contributed by atoms with Gasteiger partial charge >= 0.3 is 0 Å². The number of ketones is 1. The van der Waals surface area contributed by atoms with Crippen LogP contribution in [-0.4, -0.2) is 17.1 Å². The average Bonchev–Trinajstić information content (AvgIpc) is 1.64. The monoisotopic (exact) mass is 146 g/mol. The van der Waals surface area contributed by atoms with Crippen LogP contribution in [0.15, 0.2) is 10.7 Å². The molecule has 0 unspecified atom stereocenters. The molecule has 9 heavy (non-hydrogen) atoms. The molecule has 0 heterocycles. The molecule has 0 aliphatic rings. The molecule has 0 spiro atoms. The fourth-order valence-electron chi connectivity index (χ4n) is 0.546. The van der Waals surface area contributed by atoms with Gasteiger partial charge in [-0.1, -0.05) is 0 Å². The van der Waals surface area contributed by atoms with Crippen LogP contribution in [0.25, 0.3) is 0 Å². The van der Waals surface area contributed by atoms with Gasteiger partial charge in [0.15, 0.2) is 5.78 Å². The lowest BCUT2D eigenvalue weighted by molar-refractivity contribution is -0.113. The lowest BCUT2D eigenvalue weighted by Gasteiger charge is -1.97. The second-order valence-corrected chi connectivity index (χ2v) is 2.49. The van der Waals surface area contributed by atoms with Crippen LogP contribution in [0, 0.1) is 0 Å². The summed E-state index contributed by atoms with van der Waals surface area (Å²) in [5.41, 5.74) is 0. The smallest absolute Gasteiger partial charge is 0.169 e. The molecule has 0 aromatic rings. The first kappa shape index (κ1) is 8.56. The van der Waals surface area contributed by atoms with Crippen molar-refractivity contribution in [2.45, 2.75) is 13.8 Å². The van der Waals surface area contributed by atoms with Crippen molar-refractivity contribution in [3.05, 3.63) is 10.7 Å². The lowest BCUT2D eigenvalue weighted by Crippen LogP contribution is -1.94. The predicted octanol–water partition coefficient (Wildman–Crippen LogP) is 1.73. The van der Waals surface area contributed by atoms with Gasteiger partial charge in [-0.3, -0.25) is 4.79 Å². The van der Waals surface area contributed by atoms with E-state index in [0.717, 1.165) is 0 Å². The van der Waals surface area contributed by atoms with Crippen LogP contribution in [0.5, 0.6) is 0 Å². The maximum atomic E-state index is 10.6. The molecule has 0 aromatic carbocycles. The molecule has 0 atom stereocenters. The van der Waals surface area contributed by atoms with Gasteiger partial charge in [-0.2, -0.15) is 0 Å².